The van der Waals surface area contributed by atoms with Crippen LogP contribution in [0, 0.1) is 6.92 Å². The smallest absolute Gasteiger partial charge is 0.263 e. The van der Waals surface area contributed by atoms with Crippen LogP contribution in [0.1, 0.15) is 5.56 Å². The standard InChI is InChI=1S/C17H16N4O4S2/c1-13-8-9-14(26(22,23)20-16-6-2-4-10-18-16)12-15(13)27(24,25)21-17-7-3-5-11-19-17/h2-12H,1H3,(H,18,20)(H,19,21). The number of hydrogen-bond donors (Lipinski definition) is 2. The number of sulfonamides is 2. The number of hydrogen-bond acceptors (Lipinski definition) is 6. The first-order valence-corrected chi connectivity index (χ1v) is 10.7. The third-order valence-electron chi connectivity index (χ3n) is 3.57. The lowest BCUT2D eigenvalue weighted by atomic mass is 10.2. The number of rotatable bonds is 6. The van der Waals surface area contributed by atoms with Gasteiger partial charge >= 0.3 is 0 Å². The average molecular weight is 404 g/mol. The van der Waals surface area contributed by atoms with E-state index in [4.69, 9.17) is 0 Å². The van der Waals surface area contributed by atoms with E-state index in [0.29, 0.717) is 5.56 Å². The Kier molecular flexibility index (Phi) is 5.10. The highest BCUT2D eigenvalue weighted by atomic mass is 32.2. The molecule has 0 aliphatic rings. The van der Waals surface area contributed by atoms with Gasteiger partial charge in [-0.25, -0.2) is 26.8 Å². The van der Waals surface area contributed by atoms with Gasteiger partial charge in [-0.3, -0.25) is 9.44 Å². The number of nitrogens with zero attached hydrogens (tertiary/aromatic N) is 2. The molecule has 0 fully saturated rings. The quantitative estimate of drug-likeness (QED) is 0.651. The van der Waals surface area contributed by atoms with Crippen LogP contribution >= 0.6 is 0 Å². The number of benzene rings is 1. The molecule has 3 rings (SSSR count). The molecule has 0 aliphatic carbocycles. The summed E-state index contributed by atoms with van der Waals surface area (Å²) >= 11 is 0. The van der Waals surface area contributed by atoms with Gasteiger partial charge in [0.15, 0.2) is 0 Å². The number of aromatic nitrogens is 2. The lowest BCUT2D eigenvalue weighted by Crippen LogP contribution is -2.18. The van der Waals surface area contributed by atoms with E-state index in [-0.39, 0.29) is 21.4 Å². The van der Waals surface area contributed by atoms with Crippen LogP contribution in [0.15, 0.2) is 76.8 Å². The highest BCUT2D eigenvalue weighted by molar-refractivity contribution is 7.93. The summed E-state index contributed by atoms with van der Waals surface area (Å²) in [6, 6.07) is 13.4. The summed E-state index contributed by atoms with van der Waals surface area (Å²) in [6.07, 6.45) is 2.89. The van der Waals surface area contributed by atoms with Gasteiger partial charge in [-0.15, -0.1) is 0 Å². The van der Waals surface area contributed by atoms with Crippen molar-refractivity contribution >= 4 is 31.7 Å². The molecule has 0 amide bonds. The SMILES string of the molecule is Cc1ccc(S(=O)(=O)Nc2ccccn2)cc1S(=O)(=O)Nc1ccccn1. The van der Waals surface area contributed by atoms with Crippen LogP contribution in [0.2, 0.25) is 0 Å². The maximum Gasteiger partial charge on any atom is 0.263 e. The zero-order valence-corrected chi connectivity index (χ0v) is 15.8. The van der Waals surface area contributed by atoms with E-state index in [0.717, 1.165) is 6.07 Å². The largest absolute Gasteiger partial charge is 0.263 e. The molecule has 0 bridgehead atoms. The number of nitrogens with one attached hydrogen (secondary N) is 2. The second-order valence-corrected chi connectivity index (χ2v) is 8.90. The number of aryl methyl sites for hydroxylation is 1. The molecular weight excluding hydrogens is 388 g/mol. The third-order valence-corrected chi connectivity index (χ3v) is 6.42. The summed E-state index contributed by atoms with van der Waals surface area (Å²) in [6.45, 7) is 1.58. The second-order valence-electron chi connectivity index (χ2n) is 5.57. The van der Waals surface area contributed by atoms with E-state index in [1.807, 2.05) is 0 Å². The molecule has 10 heteroatoms. The first kappa shape index (κ1) is 18.8. The molecule has 8 nitrogen and oxygen atoms in total. The highest BCUT2D eigenvalue weighted by Gasteiger charge is 2.22. The average Bonchev–Trinajstić information content (AvgIpc) is 2.62. The van der Waals surface area contributed by atoms with Crippen molar-refractivity contribution in [2.24, 2.45) is 0 Å². The maximum absolute atomic E-state index is 12.7. The Balaban J connectivity index is 1.96. The van der Waals surface area contributed by atoms with Crippen molar-refractivity contribution in [2.45, 2.75) is 16.7 Å². The molecule has 2 heterocycles. The van der Waals surface area contributed by atoms with Crippen LogP contribution in [-0.2, 0) is 20.0 Å². The highest BCUT2D eigenvalue weighted by Crippen LogP contribution is 2.23. The molecule has 0 saturated heterocycles. The van der Waals surface area contributed by atoms with Crippen LogP contribution in [-0.4, -0.2) is 26.8 Å². The van der Waals surface area contributed by atoms with Crippen molar-refractivity contribution in [3.8, 4) is 0 Å². The molecule has 0 radical (unpaired) electrons. The van der Waals surface area contributed by atoms with Crippen molar-refractivity contribution in [1.82, 2.24) is 9.97 Å². The number of anilines is 2. The maximum atomic E-state index is 12.7. The van der Waals surface area contributed by atoms with Crippen LogP contribution in [0.4, 0.5) is 11.6 Å². The molecule has 0 unspecified atom stereocenters. The van der Waals surface area contributed by atoms with E-state index in [2.05, 4.69) is 19.4 Å². The fourth-order valence-corrected chi connectivity index (χ4v) is 4.66. The zero-order valence-electron chi connectivity index (χ0n) is 14.2. The van der Waals surface area contributed by atoms with Gasteiger partial charge in [0.1, 0.15) is 11.6 Å². The summed E-state index contributed by atoms with van der Waals surface area (Å²) in [4.78, 5) is 7.47. The Bertz CT molecular complexity index is 1150. The first-order valence-electron chi connectivity index (χ1n) is 7.76. The van der Waals surface area contributed by atoms with E-state index < -0.39 is 20.0 Å². The minimum absolute atomic E-state index is 0.133. The molecule has 140 valence electrons. The van der Waals surface area contributed by atoms with Gasteiger partial charge < -0.3 is 0 Å². The van der Waals surface area contributed by atoms with Gasteiger partial charge in [-0.2, -0.15) is 0 Å². The summed E-state index contributed by atoms with van der Waals surface area (Å²) < 4.78 is 55.2. The lowest BCUT2D eigenvalue weighted by molar-refractivity contribution is 0.598. The molecule has 2 N–H and O–H groups in total. The fourth-order valence-electron chi connectivity index (χ4n) is 2.27. The van der Waals surface area contributed by atoms with Crippen LogP contribution in [0.3, 0.4) is 0 Å². The van der Waals surface area contributed by atoms with Gasteiger partial charge in [0.25, 0.3) is 20.0 Å². The lowest BCUT2D eigenvalue weighted by Gasteiger charge is -2.12. The van der Waals surface area contributed by atoms with E-state index >= 15 is 0 Å². The molecule has 0 aliphatic heterocycles. The Morgan fingerprint density at radius 3 is 1.81 bits per heavy atom. The van der Waals surface area contributed by atoms with Gasteiger partial charge in [0.05, 0.1) is 9.79 Å². The monoisotopic (exact) mass is 404 g/mol. The molecule has 0 atom stereocenters. The summed E-state index contributed by atoms with van der Waals surface area (Å²) in [5, 5.41) is 0. The van der Waals surface area contributed by atoms with E-state index in [1.165, 1.54) is 36.7 Å². The topological polar surface area (TPSA) is 118 Å². The van der Waals surface area contributed by atoms with Gasteiger partial charge in [-0.1, -0.05) is 18.2 Å². The van der Waals surface area contributed by atoms with Crippen LogP contribution < -0.4 is 9.44 Å². The van der Waals surface area contributed by atoms with Gasteiger partial charge in [0.2, 0.25) is 0 Å². The van der Waals surface area contributed by atoms with Crippen molar-refractivity contribution in [3.63, 3.8) is 0 Å². The van der Waals surface area contributed by atoms with E-state index in [1.54, 1.807) is 31.2 Å². The Hall–Kier alpha value is -2.98. The molecule has 0 spiro atoms. The Morgan fingerprint density at radius 1 is 0.741 bits per heavy atom. The minimum atomic E-state index is -4.02. The Labute approximate surface area is 157 Å². The minimum Gasteiger partial charge on any atom is -0.263 e. The van der Waals surface area contributed by atoms with Gasteiger partial charge in [-0.05, 0) is 48.9 Å². The summed E-state index contributed by atoms with van der Waals surface area (Å²) in [5.41, 5.74) is 0.398. The third kappa shape index (κ3) is 4.41. The second kappa shape index (κ2) is 7.33. The molecular formula is C17H16N4O4S2. The predicted molar refractivity (Wildman–Crippen MR) is 101 cm³/mol. The van der Waals surface area contributed by atoms with Crippen molar-refractivity contribution in [3.05, 3.63) is 72.6 Å². The van der Waals surface area contributed by atoms with Crippen LogP contribution in [0.5, 0.6) is 0 Å². The van der Waals surface area contributed by atoms with Crippen molar-refractivity contribution in [2.75, 3.05) is 9.44 Å². The van der Waals surface area contributed by atoms with Crippen molar-refractivity contribution < 1.29 is 16.8 Å². The molecule has 0 saturated carbocycles. The zero-order chi connectivity index (χ0) is 19.5. The normalized spacial score (nSPS) is 11.7. The van der Waals surface area contributed by atoms with E-state index in [9.17, 15) is 16.8 Å². The molecule has 3 aromatic rings. The summed E-state index contributed by atoms with van der Waals surface area (Å²) in [5.74, 6) is 0.269. The molecule has 27 heavy (non-hydrogen) atoms. The predicted octanol–water partition coefficient (Wildman–Crippen LogP) is 2.39. The molecule has 1 aromatic carbocycles. The first-order chi connectivity index (χ1) is 12.8. The van der Waals surface area contributed by atoms with Crippen LogP contribution in [0.25, 0.3) is 0 Å². The Morgan fingerprint density at radius 2 is 1.30 bits per heavy atom. The fraction of sp³-hybridized carbons (Fsp3) is 0.0588. The summed E-state index contributed by atoms with van der Waals surface area (Å²) in [7, 11) is -8.03. The number of pyridine rings is 2. The van der Waals surface area contributed by atoms with Gasteiger partial charge in [0, 0.05) is 12.4 Å². The molecule has 2 aromatic heterocycles. The van der Waals surface area contributed by atoms with Crippen molar-refractivity contribution in [1.29, 1.82) is 0 Å².